The van der Waals surface area contributed by atoms with Crippen LogP contribution in [0.3, 0.4) is 0 Å². The Hall–Kier alpha value is -2.43. The molecule has 1 amide bonds. The molecule has 1 aliphatic rings. The number of amides is 1. The maximum Gasteiger partial charge on any atom is 0.438 e. The van der Waals surface area contributed by atoms with E-state index in [0.717, 1.165) is 31.5 Å². The molecule has 0 aliphatic carbocycles. The van der Waals surface area contributed by atoms with E-state index >= 15 is 0 Å². The standard InChI is InChI=1S/C13H11F5N2O4/c1-23-9-6-7(2-3-8(9)24-11(14)15)10(21)20-12(22,4-5-19-20)13(16,17)18/h2-3,5-6,11,22H,4H2,1H3/t12-/m1/s1. The van der Waals surface area contributed by atoms with Crippen molar-refractivity contribution in [3.63, 3.8) is 0 Å². The molecular weight excluding hydrogens is 343 g/mol. The Bertz CT molecular complexity index is 664. The molecule has 0 saturated heterocycles. The number of rotatable bonds is 4. The summed E-state index contributed by atoms with van der Waals surface area (Å²) in [4.78, 5) is 12.2. The Balaban J connectivity index is 2.34. The molecule has 24 heavy (non-hydrogen) atoms. The first-order valence-corrected chi connectivity index (χ1v) is 6.39. The number of carbonyl (C=O) groups is 1. The number of halogens is 5. The highest BCUT2D eigenvalue weighted by molar-refractivity contribution is 5.96. The number of hydrogen-bond donors (Lipinski definition) is 1. The first-order chi connectivity index (χ1) is 11.1. The molecule has 0 saturated carbocycles. The van der Waals surface area contributed by atoms with Crippen LogP contribution in [0.4, 0.5) is 22.0 Å². The topological polar surface area (TPSA) is 71.4 Å². The van der Waals surface area contributed by atoms with Crippen molar-refractivity contribution in [1.82, 2.24) is 5.01 Å². The van der Waals surface area contributed by atoms with Crippen LogP contribution in [0.5, 0.6) is 11.5 Å². The van der Waals surface area contributed by atoms with E-state index in [-0.39, 0.29) is 16.3 Å². The molecule has 1 atom stereocenters. The molecule has 6 nitrogen and oxygen atoms in total. The van der Waals surface area contributed by atoms with Gasteiger partial charge < -0.3 is 14.6 Å². The van der Waals surface area contributed by atoms with Crippen LogP contribution in [0, 0.1) is 0 Å². The molecule has 0 bridgehead atoms. The van der Waals surface area contributed by atoms with Crippen LogP contribution in [0.15, 0.2) is 23.3 Å². The molecule has 11 heteroatoms. The van der Waals surface area contributed by atoms with E-state index in [2.05, 4.69) is 9.84 Å². The van der Waals surface area contributed by atoms with Crippen molar-refractivity contribution in [1.29, 1.82) is 0 Å². The fraction of sp³-hybridized carbons (Fsp3) is 0.385. The largest absolute Gasteiger partial charge is 0.493 e. The second kappa shape index (κ2) is 6.23. The van der Waals surface area contributed by atoms with Gasteiger partial charge >= 0.3 is 12.8 Å². The molecule has 0 spiro atoms. The summed E-state index contributed by atoms with van der Waals surface area (Å²) in [6.45, 7) is -3.15. The van der Waals surface area contributed by atoms with E-state index in [1.165, 1.54) is 0 Å². The summed E-state index contributed by atoms with van der Waals surface area (Å²) in [6, 6.07) is 2.79. The molecule has 1 aromatic rings. The summed E-state index contributed by atoms with van der Waals surface area (Å²) in [7, 11) is 1.10. The number of alkyl halides is 5. The van der Waals surface area contributed by atoms with Gasteiger partial charge in [-0.05, 0) is 18.2 Å². The fourth-order valence-electron chi connectivity index (χ4n) is 2.00. The van der Waals surface area contributed by atoms with Crippen LogP contribution in [-0.4, -0.2) is 47.9 Å². The zero-order valence-electron chi connectivity index (χ0n) is 12.1. The maximum atomic E-state index is 13.0. The van der Waals surface area contributed by atoms with Crippen molar-refractivity contribution in [3.8, 4) is 11.5 Å². The molecule has 1 N–H and O–H groups in total. The number of benzene rings is 1. The van der Waals surface area contributed by atoms with Crippen LogP contribution in [0.25, 0.3) is 0 Å². The van der Waals surface area contributed by atoms with Gasteiger partial charge in [-0.15, -0.1) is 0 Å². The maximum absolute atomic E-state index is 13.0. The smallest absolute Gasteiger partial charge is 0.438 e. The lowest BCUT2D eigenvalue weighted by atomic mass is 10.1. The molecule has 1 aromatic carbocycles. The molecule has 1 aliphatic heterocycles. The first kappa shape index (κ1) is 17.9. The highest BCUT2D eigenvalue weighted by Crippen LogP contribution is 2.40. The third kappa shape index (κ3) is 3.11. The van der Waals surface area contributed by atoms with Crippen molar-refractivity contribution < 1.29 is 41.3 Å². The molecule has 0 radical (unpaired) electrons. The third-order valence-corrected chi connectivity index (χ3v) is 3.20. The Morgan fingerprint density at radius 2 is 2.04 bits per heavy atom. The minimum atomic E-state index is -5.14. The molecule has 0 fully saturated rings. The third-order valence-electron chi connectivity index (χ3n) is 3.20. The van der Waals surface area contributed by atoms with E-state index in [4.69, 9.17) is 4.74 Å². The number of hydrazone groups is 1. The molecule has 2 rings (SSSR count). The number of methoxy groups -OCH3 is 1. The fourth-order valence-corrected chi connectivity index (χ4v) is 2.00. The summed E-state index contributed by atoms with van der Waals surface area (Å²) in [5, 5.41) is 12.9. The zero-order chi connectivity index (χ0) is 18.1. The summed E-state index contributed by atoms with van der Waals surface area (Å²) >= 11 is 0. The zero-order valence-corrected chi connectivity index (χ0v) is 12.1. The van der Waals surface area contributed by atoms with Crippen LogP contribution in [0.1, 0.15) is 16.8 Å². The first-order valence-electron chi connectivity index (χ1n) is 6.39. The minimum Gasteiger partial charge on any atom is -0.493 e. The van der Waals surface area contributed by atoms with E-state index in [0.29, 0.717) is 0 Å². The van der Waals surface area contributed by atoms with E-state index in [1.807, 2.05) is 0 Å². The van der Waals surface area contributed by atoms with Crippen molar-refractivity contribution in [2.24, 2.45) is 5.10 Å². The normalized spacial score (nSPS) is 20.6. The summed E-state index contributed by atoms with van der Waals surface area (Å²) in [5.74, 6) is -1.98. The van der Waals surface area contributed by atoms with E-state index in [1.54, 1.807) is 0 Å². The van der Waals surface area contributed by atoms with Crippen molar-refractivity contribution in [2.75, 3.05) is 7.11 Å². The van der Waals surface area contributed by atoms with E-state index < -0.39 is 36.6 Å². The SMILES string of the molecule is COc1cc(C(=O)N2N=CC[C@@]2(O)C(F)(F)F)ccc1OC(F)F. The van der Waals surface area contributed by atoms with Crippen molar-refractivity contribution >= 4 is 12.1 Å². The second-order valence-electron chi connectivity index (χ2n) is 4.68. The van der Waals surface area contributed by atoms with E-state index in [9.17, 15) is 31.9 Å². The quantitative estimate of drug-likeness (QED) is 0.843. The number of nitrogens with zero attached hydrogens (tertiary/aromatic N) is 2. The van der Waals surface area contributed by atoms with Gasteiger partial charge in [-0.2, -0.15) is 32.1 Å². The van der Waals surface area contributed by atoms with Gasteiger partial charge in [-0.1, -0.05) is 0 Å². The van der Waals surface area contributed by atoms with Gasteiger partial charge in [0.1, 0.15) is 0 Å². The van der Waals surface area contributed by atoms with Gasteiger partial charge in [0.25, 0.3) is 11.6 Å². The average Bonchev–Trinajstić information content (AvgIpc) is 2.89. The summed E-state index contributed by atoms with van der Waals surface area (Å²) in [6.07, 6.45) is -5.31. The molecular formula is C13H11F5N2O4. The molecule has 132 valence electrons. The number of carbonyl (C=O) groups excluding carboxylic acids is 1. The Morgan fingerprint density at radius 3 is 2.58 bits per heavy atom. The van der Waals surface area contributed by atoms with Gasteiger partial charge in [-0.25, -0.2) is 0 Å². The Morgan fingerprint density at radius 1 is 1.38 bits per heavy atom. The van der Waals surface area contributed by atoms with Crippen molar-refractivity contribution in [3.05, 3.63) is 23.8 Å². The van der Waals surface area contributed by atoms with Gasteiger partial charge in [-0.3, -0.25) is 4.79 Å². The summed E-state index contributed by atoms with van der Waals surface area (Å²) < 4.78 is 72.3. The lowest BCUT2D eigenvalue weighted by Crippen LogP contribution is -2.56. The molecule has 1 heterocycles. The Kier molecular flexibility index (Phi) is 4.65. The second-order valence-corrected chi connectivity index (χ2v) is 4.68. The van der Waals surface area contributed by atoms with Crippen LogP contribution >= 0.6 is 0 Å². The minimum absolute atomic E-state index is 0.116. The van der Waals surface area contributed by atoms with Gasteiger partial charge in [0.05, 0.1) is 7.11 Å². The summed E-state index contributed by atoms with van der Waals surface area (Å²) in [5.41, 5.74) is -3.84. The van der Waals surface area contributed by atoms with Crippen LogP contribution in [0.2, 0.25) is 0 Å². The van der Waals surface area contributed by atoms with Crippen LogP contribution < -0.4 is 9.47 Å². The monoisotopic (exact) mass is 354 g/mol. The highest BCUT2D eigenvalue weighted by Gasteiger charge is 2.61. The molecule has 0 aromatic heterocycles. The average molecular weight is 354 g/mol. The lowest BCUT2D eigenvalue weighted by molar-refractivity contribution is -0.297. The number of aliphatic hydroxyl groups is 1. The predicted molar refractivity (Wildman–Crippen MR) is 69.9 cm³/mol. The van der Waals surface area contributed by atoms with Crippen molar-refractivity contribution in [2.45, 2.75) is 24.9 Å². The highest BCUT2D eigenvalue weighted by atomic mass is 19.4. The number of hydrogen-bond acceptors (Lipinski definition) is 5. The van der Waals surface area contributed by atoms with Gasteiger partial charge in [0.2, 0.25) is 0 Å². The number of ether oxygens (including phenoxy) is 2. The predicted octanol–water partition coefficient (Wildman–Crippen LogP) is 2.38. The van der Waals surface area contributed by atoms with Gasteiger partial charge in [0.15, 0.2) is 11.5 Å². The lowest BCUT2D eigenvalue weighted by Gasteiger charge is -2.32. The Labute approximate surface area is 132 Å². The molecule has 0 unspecified atom stereocenters. The van der Waals surface area contributed by atoms with Crippen LogP contribution in [-0.2, 0) is 0 Å². The van der Waals surface area contributed by atoms with Gasteiger partial charge in [0, 0.05) is 18.2 Å².